The average molecular weight is 577 g/mol. The van der Waals surface area contributed by atoms with Crippen LogP contribution in [0.2, 0.25) is 0 Å². The van der Waals surface area contributed by atoms with Crippen LogP contribution in [-0.2, 0) is 30.6 Å². The molecule has 1 aliphatic carbocycles. The summed E-state index contributed by atoms with van der Waals surface area (Å²) in [4.78, 5) is 36.5. The Hall–Kier alpha value is -2.95. The van der Waals surface area contributed by atoms with E-state index in [2.05, 4.69) is 24.4 Å². The summed E-state index contributed by atoms with van der Waals surface area (Å²) in [6.45, 7) is 8.56. The maximum Gasteiger partial charge on any atom is 0.271 e. The minimum absolute atomic E-state index is 0.0893. The summed E-state index contributed by atoms with van der Waals surface area (Å²) in [5.74, 6) is 0.0765. The zero-order chi connectivity index (χ0) is 29.5. The van der Waals surface area contributed by atoms with Gasteiger partial charge in [0.25, 0.3) is 5.91 Å². The number of carbonyl (C=O) groups excluding carboxylic acids is 2. The van der Waals surface area contributed by atoms with Crippen LogP contribution < -0.4 is 5.43 Å². The molecule has 9 heteroatoms. The molecule has 7 rings (SSSR count). The van der Waals surface area contributed by atoms with Gasteiger partial charge in [-0.2, -0.15) is 5.10 Å². The van der Waals surface area contributed by atoms with E-state index in [1.807, 2.05) is 26.0 Å². The van der Waals surface area contributed by atoms with Gasteiger partial charge >= 0.3 is 0 Å². The third-order valence-corrected chi connectivity index (χ3v) is 9.66. The topological polar surface area (TPSA) is 105 Å². The highest BCUT2D eigenvalue weighted by Crippen LogP contribution is 2.60. The molecule has 4 heterocycles. The highest BCUT2D eigenvalue weighted by atomic mass is 17.3. The lowest BCUT2D eigenvalue weighted by atomic mass is 9.58. The molecule has 0 aromatic heterocycles. The third-order valence-electron chi connectivity index (χ3n) is 9.66. The molecule has 5 aliphatic rings. The Kier molecular flexibility index (Phi) is 8.06. The predicted molar refractivity (Wildman–Crippen MR) is 154 cm³/mol. The zero-order valence-electron chi connectivity index (χ0n) is 24.7. The van der Waals surface area contributed by atoms with Gasteiger partial charge in [-0.1, -0.05) is 57.2 Å². The molecule has 1 amide bonds. The highest BCUT2D eigenvalue weighted by Gasteiger charge is 2.69. The number of hydrogen-bond donors (Lipinski definition) is 1. The summed E-state index contributed by atoms with van der Waals surface area (Å²) >= 11 is 0. The molecule has 1 saturated carbocycles. The van der Waals surface area contributed by atoms with Gasteiger partial charge < -0.3 is 14.2 Å². The van der Waals surface area contributed by atoms with Crippen molar-refractivity contribution in [3.8, 4) is 0 Å². The molecule has 0 radical (unpaired) electrons. The van der Waals surface area contributed by atoms with Crippen molar-refractivity contribution in [3.63, 3.8) is 0 Å². The van der Waals surface area contributed by atoms with Gasteiger partial charge in [-0.05, 0) is 61.3 Å². The second-order valence-electron chi connectivity index (χ2n) is 12.4. The molecule has 4 aliphatic heterocycles. The first-order valence-corrected chi connectivity index (χ1v) is 15.1. The lowest BCUT2D eigenvalue weighted by Gasteiger charge is -2.60. The summed E-state index contributed by atoms with van der Waals surface area (Å²) in [6.07, 6.45) is 4.94. The summed E-state index contributed by atoms with van der Waals surface area (Å²) in [6, 6.07) is 14.4. The quantitative estimate of drug-likeness (QED) is 0.184. The number of nitrogens with one attached hydrogen (secondary N) is 1. The summed E-state index contributed by atoms with van der Waals surface area (Å²) in [5, 5.41) is 4.05. The molecule has 4 saturated heterocycles. The Bertz CT molecular complexity index is 1330. The van der Waals surface area contributed by atoms with Gasteiger partial charge in [-0.3, -0.25) is 9.59 Å². The zero-order valence-corrected chi connectivity index (χ0v) is 24.7. The van der Waals surface area contributed by atoms with Crippen molar-refractivity contribution >= 4 is 17.9 Å². The molecule has 224 valence electrons. The van der Waals surface area contributed by atoms with Crippen molar-refractivity contribution in [2.75, 3.05) is 0 Å². The number of hydrazone groups is 1. The molecule has 5 fully saturated rings. The third kappa shape index (κ3) is 5.33. The van der Waals surface area contributed by atoms with Crippen LogP contribution in [0, 0.1) is 23.7 Å². The molecule has 1 N–H and O–H groups in total. The number of rotatable bonds is 8. The molecule has 2 bridgehead atoms. The molecular formula is C33H40N2O7. The van der Waals surface area contributed by atoms with Crippen LogP contribution >= 0.6 is 0 Å². The molecule has 42 heavy (non-hydrogen) atoms. The van der Waals surface area contributed by atoms with Gasteiger partial charge in [0, 0.05) is 35.8 Å². The monoisotopic (exact) mass is 576 g/mol. The van der Waals surface area contributed by atoms with Crippen LogP contribution in [0.4, 0.5) is 0 Å². The number of ether oxygens (including phenoxy) is 3. The largest absolute Gasteiger partial charge is 0.348 e. The fraction of sp³-hybridized carbons (Fsp3) is 0.545. The van der Waals surface area contributed by atoms with Crippen molar-refractivity contribution < 1.29 is 33.6 Å². The van der Waals surface area contributed by atoms with Crippen LogP contribution in [0.5, 0.6) is 0 Å². The average Bonchev–Trinajstić information content (AvgIpc) is 3.24. The molecular weight excluding hydrogens is 536 g/mol. The Morgan fingerprint density at radius 1 is 1.00 bits per heavy atom. The van der Waals surface area contributed by atoms with Crippen molar-refractivity contribution in [1.82, 2.24) is 5.43 Å². The summed E-state index contributed by atoms with van der Waals surface area (Å²) in [5.41, 5.74) is 4.81. The molecule has 8 atom stereocenters. The van der Waals surface area contributed by atoms with Crippen molar-refractivity contribution in [2.45, 2.75) is 90.4 Å². The minimum atomic E-state index is -0.817. The number of Topliss-reactive ketones (excluding diaryl/α,β-unsaturated/α-hetero) is 1. The number of benzene rings is 2. The van der Waals surface area contributed by atoms with Gasteiger partial charge in [0.05, 0.1) is 12.8 Å². The number of nitrogens with zero attached hydrogens (tertiary/aromatic N) is 1. The van der Waals surface area contributed by atoms with E-state index in [1.54, 1.807) is 42.6 Å². The van der Waals surface area contributed by atoms with E-state index in [0.717, 1.165) is 36.8 Å². The first-order chi connectivity index (χ1) is 20.2. The fourth-order valence-electron chi connectivity index (χ4n) is 7.18. The second kappa shape index (κ2) is 11.6. The van der Waals surface area contributed by atoms with E-state index < -0.39 is 24.0 Å². The van der Waals surface area contributed by atoms with Crippen molar-refractivity contribution in [3.05, 3.63) is 70.8 Å². The van der Waals surface area contributed by atoms with Crippen LogP contribution in [0.15, 0.2) is 53.6 Å². The van der Waals surface area contributed by atoms with Gasteiger partial charge in [-0.15, -0.1) is 0 Å². The minimum Gasteiger partial charge on any atom is -0.348 e. The predicted octanol–water partition coefficient (Wildman–Crippen LogP) is 5.77. The van der Waals surface area contributed by atoms with Gasteiger partial charge in [0.15, 0.2) is 24.0 Å². The lowest BCUT2D eigenvalue weighted by Crippen LogP contribution is -2.70. The van der Waals surface area contributed by atoms with Gasteiger partial charge in [0.2, 0.25) is 5.79 Å². The molecule has 2 aromatic carbocycles. The molecule has 1 spiro atoms. The Morgan fingerprint density at radius 3 is 2.48 bits per heavy atom. The lowest BCUT2D eigenvalue weighted by molar-refractivity contribution is -0.577. The Balaban J connectivity index is 1.05. The number of fused-ring (bicyclic) bond motifs is 2. The fourth-order valence-corrected chi connectivity index (χ4v) is 7.18. The standard InChI is InChI=1S/C33H40N2O7/c1-5-28(36)24-11-7-22(8-12-24)18-34-35-29(37)25-13-9-23(10-14-25)19-38-30-21(3)27-15-6-20(2)26-16-17-32(4)40-31(39-30)33(26,27)42-41-32/h7-14,18,20-21,26-27,30-31H,5-6,15-17,19H2,1-4H3,(H,35,37)/b34-18-/t20-,21-,26?,27?,30?,31?,32+,33-/m1/s1. The van der Waals surface area contributed by atoms with Crippen molar-refractivity contribution in [2.24, 2.45) is 28.8 Å². The van der Waals surface area contributed by atoms with Crippen LogP contribution in [0.25, 0.3) is 0 Å². The maximum absolute atomic E-state index is 12.6. The summed E-state index contributed by atoms with van der Waals surface area (Å²) < 4.78 is 19.2. The second-order valence-corrected chi connectivity index (χ2v) is 12.4. The molecule has 9 nitrogen and oxygen atoms in total. The highest BCUT2D eigenvalue weighted by molar-refractivity contribution is 5.97. The number of ketones is 1. The molecule has 2 aromatic rings. The van der Waals surface area contributed by atoms with Gasteiger partial charge in [-0.25, -0.2) is 15.2 Å². The van der Waals surface area contributed by atoms with E-state index in [9.17, 15) is 9.59 Å². The van der Waals surface area contributed by atoms with Crippen LogP contribution in [0.1, 0.15) is 91.6 Å². The van der Waals surface area contributed by atoms with Crippen molar-refractivity contribution in [1.29, 1.82) is 0 Å². The first-order valence-electron chi connectivity index (χ1n) is 15.1. The molecule has 4 unspecified atom stereocenters. The van der Waals surface area contributed by atoms with E-state index in [-0.39, 0.29) is 23.5 Å². The first kappa shape index (κ1) is 29.1. The van der Waals surface area contributed by atoms with E-state index in [4.69, 9.17) is 24.0 Å². The number of carbonyl (C=O) groups is 2. The number of amides is 1. The SMILES string of the molecule is CCC(=O)c1ccc(/C=N\NC(=O)c2ccc(COC3OC4O[C@]5(C)CCC6[C@H](C)CCC([C@H]3C)[C@@]46OO5)cc2)cc1. The van der Waals surface area contributed by atoms with Crippen LogP contribution in [0.3, 0.4) is 0 Å². The Morgan fingerprint density at radius 2 is 1.74 bits per heavy atom. The Labute approximate surface area is 246 Å². The van der Waals surface area contributed by atoms with Gasteiger partial charge in [0.1, 0.15) is 0 Å². The van der Waals surface area contributed by atoms with Crippen LogP contribution in [-0.4, -0.2) is 41.9 Å². The van der Waals surface area contributed by atoms with E-state index in [0.29, 0.717) is 36.0 Å². The smallest absolute Gasteiger partial charge is 0.271 e. The normalized spacial score (nSPS) is 35.4. The maximum atomic E-state index is 12.6. The number of hydrogen-bond acceptors (Lipinski definition) is 8. The summed E-state index contributed by atoms with van der Waals surface area (Å²) in [7, 11) is 0. The van der Waals surface area contributed by atoms with E-state index >= 15 is 0 Å². The van der Waals surface area contributed by atoms with E-state index in [1.165, 1.54) is 0 Å².